The highest BCUT2D eigenvalue weighted by Gasteiger charge is 2.29. The van der Waals surface area contributed by atoms with Gasteiger partial charge in [0.15, 0.2) is 0 Å². The lowest BCUT2D eigenvalue weighted by atomic mass is 9.88. The third-order valence-electron chi connectivity index (χ3n) is 10.2. The maximum Gasteiger partial charge on any atom is 0.417 e. The largest absolute Gasteiger partial charge is 0.489 e. The summed E-state index contributed by atoms with van der Waals surface area (Å²) in [6, 6.07) is 32.4. The highest BCUT2D eigenvalue weighted by molar-refractivity contribution is 6.29. The Kier molecular flexibility index (Phi) is 14.1. The number of carbonyl (C=O) groups is 2. The van der Waals surface area contributed by atoms with E-state index in [4.69, 9.17) is 18.9 Å². The summed E-state index contributed by atoms with van der Waals surface area (Å²) in [5, 5.41) is 7.19. The molecule has 0 spiro atoms. The SMILES string of the molecule is C=CCc1ccccc1OCC(CNC1CCCc2ccccc21)OC(=O)C(=O)OC(CNC1CCCc2ccccc21)COc1ccccc1CC=C. The Balaban J connectivity index is 1.15. The predicted molar refractivity (Wildman–Crippen MR) is 212 cm³/mol. The van der Waals surface area contributed by atoms with Gasteiger partial charge in [-0.05, 0) is 96.9 Å². The van der Waals surface area contributed by atoms with Gasteiger partial charge in [0.25, 0.3) is 0 Å². The number of nitrogens with one attached hydrogen (secondary N) is 2. The Morgan fingerprint density at radius 1 is 0.611 bits per heavy atom. The Hall–Kier alpha value is -5.18. The first kappa shape index (κ1) is 38.5. The molecule has 4 aromatic rings. The van der Waals surface area contributed by atoms with E-state index in [2.05, 4.69) is 60.2 Å². The number of hydrogen-bond donors (Lipinski definition) is 2. The number of aryl methyl sites for hydroxylation is 2. The van der Waals surface area contributed by atoms with Gasteiger partial charge < -0.3 is 29.6 Å². The summed E-state index contributed by atoms with van der Waals surface area (Å²) >= 11 is 0. The number of benzene rings is 4. The van der Waals surface area contributed by atoms with E-state index >= 15 is 0 Å². The van der Waals surface area contributed by atoms with Crippen LogP contribution in [0.1, 0.15) is 71.1 Å². The Morgan fingerprint density at radius 3 is 1.46 bits per heavy atom. The number of allylic oxidation sites excluding steroid dienone is 2. The molecule has 2 aliphatic carbocycles. The van der Waals surface area contributed by atoms with Crippen LogP contribution in [0.25, 0.3) is 0 Å². The first-order valence-corrected chi connectivity index (χ1v) is 19.2. The summed E-state index contributed by atoms with van der Waals surface area (Å²) in [4.78, 5) is 27.1. The van der Waals surface area contributed by atoms with Crippen molar-refractivity contribution in [3.63, 3.8) is 0 Å². The summed E-state index contributed by atoms with van der Waals surface area (Å²) in [6.45, 7) is 8.39. The van der Waals surface area contributed by atoms with Crippen molar-refractivity contribution in [3.05, 3.63) is 156 Å². The molecular weight excluding hydrogens is 677 g/mol. The predicted octanol–water partition coefficient (Wildman–Crippen LogP) is 7.76. The zero-order valence-electron chi connectivity index (χ0n) is 31.1. The molecule has 0 radical (unpaired) electrons. The molecule has 0 aliphatic heterocycles. The molecule has 8 nitrogen and oxygen atoms in total. The van der Waals surface area contributed by atoms with Gasteiger partial charge in [-0.25, -0.2) is 9.59 Å². The van der Waals surface area contributed by atoms with Crippen molar-refractivity contribution in [1.82, 2.24) is 10.6 Å². The van der Waals surface area contributed by atoms with Gasteiger partial charge in [-0.2, -0.15) is 0 Å². The van der Waals surface area contributed by atoms with Crippen molar-refractivity contribution in [3.8, 4) is 11.5 Å². The van der Waals surface area contributed by atoms with E-state index < -0.39 is 24.1 Å². The third-order valence-corrected chi connectivity index (χ3v) is 10.2. The molecule has 4 aromatic carbocycles. The summed E-state index contributed by atoms with van der Waals surface area (Å²) in [5.41, 5.74) is 7.07. The van der Waals surface area contributed by atoms with Crippen LogP contribution in [0.2, 0.25) is 0 Å². The number of rotatable bonds is 18. The normalized spacial score (nSPS) is 17.2. The molecule has 2 N–H and O–H groups in total. The van der Waals surface area contributed by atoms with Gasteiger partial charge in [-0.3, -0.25) is 0 Å². The van der Waals surface area contributed by atoms with Gasteiger partial charge in [-0.1, -0.05) is 97.1 Å². The molecule has 0 fully saturated rings. The quantitative estimate of drug-likeness (QED) is 0.0610. The van der Waals surface area contributed by atoms with Gasteiger partial charge in [0.1, 0.15) is 36.9 Å². The lowest BCUT2D eigenvalue weighted by Crippen LogP contribution is -2.42. The van der Waals surface area contributed by atoms with E-state index in [1.807, 2.05) is 72.8 Å². The second-order valence-electron chi connectivity index (χ2n) is 14.0. The molecule has 2 aliphatic rings. The highest BCUT2D eigenvalue weighted by atomic mass is 16.6. The van der Waals surface area contributed by atoms with E-state index in [1.54, 1.807) is 0 Å². The van der Waals surface area contributed by atoms with E-state index in [-0.39, 0.29) is 38.4 Å². The van der Waals surface area contributed by atoms with E-state index in [9.17, 15) is 9.59 Å². The summed E-state index contributed by atoms with van der Waals surface area (Å²) < 4.78 is 24.2. The van der Waals surface area contributed by atoms with Gasteiger partial charge >= 0.3 is 11.9 Å². The molecule has 8 heteroatoms. The Labute approximate surface area is 319 Å². The van der Waals surface area contributed by atoms with Gasteiger partial charge in [-0.15, -0.1) is 13.2 Å². The molecule has 0 heterocycles. The van der Waals surface area contributed by atoms with E-state index in [0.29, 0.717) is 24.3 Å². The van der Waals surface area contributed by atoms with Crippen LogP contribution in [0, 0.1) is 0 Å². The molecule has 4 atom stereocenters. The molecular formula is C46H52N2O6. The smallest absolute Gasteiger partial charge is 0.417 e. The monoisotopic (exact) mass is 728 g/mol. The molecule has 0 saturated heterocycles. The number of carbonyl (C=O) groups excluding carboxylic acids is 2. The van der Waals surface area contributed by atoms with Gasteiger partial charge in [0.2, 0.25) is 0 Å². The van der Waals surface area contributed by atoms with Crippen molar-refractivity contribution in [1.29, 1.82) is 0 Å². The molecule has 54 heavy (non-hydrogen) atoms. The Bertz CT molecular complexity index is 1740. The fourth-order valence-electron chi connectivity index (χ4n) is 7.45. The maximum atomic E-state index is 13.5. The average Bonchev–Trinajstić information content (AvgIpc) is 3.21. The number of ether oxygens (including phenoxy) is 4. The average molecular weight is 729 g/mol. The second-order valence-corrected chi connectivity index (χ2v) is 14.0. The number of hydrogen-bond acceptors (Lipinski definition) is 8. The van der Waals surface area contributed by atoms with Crippen LogP contribution in [0.5, 0.6) is 11.5 Å². The van der Waals surface area contributed by atoms with Crippen LogP contribution in [0.3, 0.4) is 0 Å². The standard InChI is InChI=1S/C46H52N2O6/c1-3-15-35-19-7-11-27-43(35)51-31-37(29-47-41-25-13-21-33-17-5-9-23-39(33)41)53-45(49)46(50)54-38(32-52-44-28-12-8-20-36(44)16-4-2)30-48-42-26-14-22-34-18-6-10-24-40(34)42/h3-12,17-20,23-24,27-28,37-38,41-42,47-48H,1-2,13-16,21-22,25-26,29-32H2. The number of fused-ring (bicyclic) bond motifs is 2. The zero-order valence-corrected chi connectivity index (χ0v) is 31.1. The fraction of sp³-hybridized carbons (Fsp3) is 0.348. The van der Waals surface area contributed by atoms with Crippen LogP contribution < -0.4 is 20.1 Å². The van der Waals surface area contributed by atoms with Gasteiger partial charge in [0, 0.05) is 25.2 Å². The number of para-hydroxylation sites is 2. The summed E-state index contributed by atoms with van der Waals surface area (Å²) in [7, 11) is 0. The molecule has 0 aromatic heterocycles. The van der Waals surface area contributed by atoms with Crippen molar-refractivity contribution < 1.29 is 28.5 Å². The van der Waals surface area contributed by atoms with Gasteiger partial charge in [0.05, 0.1) is 0 Å². The molecule has 282 valence electrons. The first-order chi connectivity index (χ1) is 26.5. The molecule has 6 rings (SSSR count). The molecule has 4 unspecified atom stereocenters. The van der Waals surface area contributed by atoms with E-state index in [1.165, 1.54) is 22.3 Å². The zero-order chi connectivity index (χ0) is 37.5. The van der Waals surface area contributed by atoms with Crippen LogP contribution in [0.15, 0.2) is 122 Å². The van der Waals surface area contributed by atoms with Crippen molar-refractivity contribution >= 4 is 11.9 Å². The third kappa shape index (κ3) is 10.5. The maximum absolute atomic E-state index is 13.5. The van der Waals surface area contributed by atoms with E-state index in [0.717, 1.165) is 49.7 Å². The van der Waals surface area contributed by atoms with Crippen LogP contribution in [-0.2, 0) is 44.7 Å². The first-order valence-electron chi connectivity index (χ1n) is 19.2. The Morgan fingerprint density at radius 2 is 1.02 bits per heavy atom. The molecule has 0 amide bonds. The van der Waals surface area contributed by atoms with Crippen molar-refractivity contribution in [2.45, 2.75) is 75.7 Å². The van der Waals surface area contributed by atoms with Crippen LogP contribution in [-0.4, -0.2) is 50.4 Å². The fourth-order valence-corrected chi connectivity index (χ4v) is 7.45. The second kappa shape index (κ2) is 19.8. The minimum atomic E-state index is -1.08. The van der Waals surface area contributed by atoms with Crippen molar-refractivity contribution in [2.75, 3.05) is 26.3 Å². The summed E-state index contributed by atoms with van der Waals surface area (Å²) in [5.74, 6) is -0.801. The summed E-state index contributed by atoms with van der Waals surface area (Å²) in [6.07, 6.45) is 9.45. The molecule has 0 bridgehead atoms. The number of esters is 2. The minimum Gasteiger partial charge on any atom is -0.489 e. The highest BCUT2D eigenvalue weighted by Crippen LogP contribution is 2.31. The lowest BCUT2D eigenvalue weighted by Gasteiger charge is -2.29. The van der Waals surface area contributed by atoms with Crippen LogP contribution in [0.4, 0.5) is 0 Å². The van der Waals surface area contributed by atoms with Crippen molar-refractivity contribution in [2.24, 2.45) is 0 Å². The topological polar surface area (TPSA) is 95.1 Å². The lowest BCUT2D eigenvalue weighted by molar-refractivity contribution is -0.175. The van der Waals surface area contributed by atoms with Crippen LogP contribution >= 0.6 is 0 Å². The minimum absolute atomic E-state index is 0.0455. The molecule has 0 saturated carbocycles.